The van der Waals surface area contributed by atoms with Gasteiger partial charge in [-0.1, -0.05) is 30.3 Å². The molecule has 0 unspecified atom stereocenters. The third-order valence-corrected chi connectivity index (χ3v) is 5.56. The number of nitrogens with zero attached hydrogens (tertiary/aromatic N) is 4. The summed E-state index contributed by atoms with van der Waals surface area (Å²) in [6, 6.07) is 12.6. The summed E-state index contributed by atoms with van der Waals surface area (Å²) in [6.07, 6.45) is 2.98. The van der Waals surface area contributed by atoms with Crippen molar-refractivity contribution < 1.29 is 18.6 Å². The lowest BCUT2D eigenvalue weighted by atomic mass is 10.0. The number of fused-ring (bicyclic) bond motifs is 1. The lowest BCUT2D eigenvalue weighted by Gasteiger charge is -2.07. The van der Waals surface area contributed by atoms with Crippen molar-refractivity contribution in [3.63, 3.8) is 0 Å². The molecule has 1 saturated heterocycles. The topological polar surface area (TPSA) is 73.1 Å². The van der Waals surface area contributed by atoms with E-state index in [-0.39, 0.29) is 5.75 Å². The standard InChI is InChI=1S/C19H13BrF2N4O.C4H8O/c20-14-6-12-15(7-16(14)27)23-10-24-19(12)13-8-26(9-17(21)22)25-18(13)11-4-2-1-3-5-11;1-2-4-5-3-1/h1-8,10,17,27H,9H2;1-4H2. The zero-order chi connectivity index (χ0) is 22.5. The van der Waals surface area contributed by atoms with E-state index in [1.165, 1.54) is 29.9 Å². The van der Waals surface area contributed by atoms with E-state index >= 15 is 0 Å². The molecule has 32 heavy (non-hydrogen) atoms. The molecule has 4 aromatic rings. The van der Waals surface area contributed by atoms with Gasteiger partial charge in [0.15, 0.2) is 0 Å². The number of alkyl halides is 2. The van der Waals surface area contributed by atoms with Crippen LogP contribution in [0.1, 0.15) is 12.8 Å². The van der Waals surface area contributed by atoms with E-state index in [4.69, 9.17) is 4.74 Å². The molecule has 0 atom stereocenters. The van der Waals surface area contributed by atoms with Crippen LogP contribution >= 0.6 is 15.9 Å². The molecule has 1 fully saturated rings. The van der Waals surface area contributed by atoms with Crippen molar-refractivity contribution in [2.45, 2.75) is 25.8 Å². The Hall–Kier alpha value is -2.91. The number of phenols is 1. The highest BCUT2D eigenvalue weighted by Gasteiger charge is 2.19. The smallest absolute Gasteiger partial charge is 0.257 e. The van der Waals surface area contributed by atoms with Crippen molar-refractivity contribution in [2.75, 3.05) is 13.2 Å². The fraction of sp³-hybridized carbons (Fsp3) is 0.261. The summed E-state index contributed by atoms with van der Waals surface area (Å²) in [5.41, 5.74) is 3.07. The van der Waals surface area contributed by atoms with E-state index in [9.17, 15) is 13.9 Å². The van der Waals surface area contributed by atoms with E-state index in [2.05, 4.69) is 31.0 Å². The molecular weight excluding hydrogens is 482 g/mol. The van der Waals surface area contributed by atoms with Gasteiger partial charge in [0, 0.05) is 42.0 Å². The van der Waals surface area contributed by atoms with Crippen LogP contribution in [0.2, 0.25) is 0 Å². The third-order valence-electron chi connectivity index (χ3n) is 4.92. The third kappa shape index (κ3) is 5.11. The van der Waals surface area contributed by atoms with E-state index in [0.717, 1.165) is 18.8 Å². The molecule has 0 amide bonds. The van der Waals surface area contributed by atoms with E-state index in [0.29, 0.717) is 32.3 Å². The van der Waals surface area contributed by atoms with Gasteiger partial charge in [-0.15, -0.1) is 0 Å². The summed E-state index contributed by atoms with van der Waals surface area (Å²) in [6.45, 7) is 1.49. The van der Waals surface area contributed by atoms with Gasteiger partial charge in [0.25, 0.3) is 6.43 Å². The van der Waals surface area contributed by atoms with Crippen LogP contribution in [-0.2, 0) is 11.3 Å². The number of rotatable bonds is 4. The molecule has 9 heteroatoms. The average Bonchev–Trinajstić information content (AvgIpc) is 3.48. The molecule has 1 aliphatic rings. The van der Waals surface area contributed by atoms with Crippen LogP contribution in [-0.4, -0.2) is 44.5 Å². The summed E-state index contributed by atoms with van der Waals surface area (Å²) >= 11 is 3.30. The fourth-order valence-electron chi connectivity index (χ4n) is 3.43. The van der Waals surface area contributed by atoms with Crippen LogP contribution in [0.3, 0.4) is 0 Å². The molecule has 2 aromatic heterocycles. The van der Waals surface area contributed by atoms with Crippen LogP contribution in [0.25, 0.3) is 33.4 Å². The predicted octanol–water partition coefficient (Wildman–Crippen LogP) is 5.69. The van der Waals surface area contributed by atoms with Crippen molar-refractivity contribution in [1.29, 1.82) is 0 Å². The van der Waals surface area contributed by atoms with E-state index in [1.54, 1.807) is 12.3 Å². The predicted molar refractivity (Wildman–Crippen MR) is 122 cm³/mol. The Labute approximate surface area is 192 Å². The number of hydrogen-bond donors (Lipinski definition) is 1. The van der Waals surface area contributed by atoms with E-state index < -0.39 is 13.0 Å². The monoisotopic (exact) mass is 502 g/mol. The zero-order valence-corrected chi connectivity index (χ0v) is 18.7. The highest BCUT2D eigenvalue weighted by molar-refractivity contribution is 9.10. The van der Waals surface area contributed by atoms with Crippen molar-refractivity contribution in [3.8, 4) is 28.3 Å². The summed E-state index contributed by atoms with van der Waals surface area (Å²) in [5, 5.41) is 14.9. The first-order chi connectivity index (χ1) is 15.5. The van der Waals surface area contributed by atoms with Crippen LogP contribution in [0.5, 0.6) is 5.75 Å². The second kappa shape index (κ2) is 10.1. The average molecular weight is 503 g/mol. The normalized spacial score (nSPS) is 13.4. The minimum Gasteiger partial charge on any atom is -0.507 e. The molecule has 0 spiro atoms. The van der Waals surface area contributed by atoms with Gasteiger partial charge in [0.05, 0.1) is 15.7 Å². The lowest BCUT2D eigenvalue weighted by molar-refractivity contribution is 0.122. The largest absolute Gasteiger partial charge is 0.507 e. The summed E-state index contributed by atoms with van der Waals surface area (Å²) in [4.78, 5) is 8.56. The van der Waals surface area contributed by atoms with Crippen molar-refractivity contribution >= 4 is 26.8 Å². The molecule has 3 heterocycles. The number of benzene rings is 2. The minimum atomic E-state index is -2.52. The number of phenolic OH excluding ortho intramolecular Hbond substituents is 1. The highest BCUT2D eigenvalue weighted by Crippen LogP contribution is 2.36. The van der Waals surface area contributed by atoms with Crippen molar-refractivity contribution in [2.24, 2.45) is 0 Å². The first-order valence-electron chi connectivity index (χ1n) is 10.2. The molecule has 166 valence electrons. The van der Waals surface area contributed by atoms with Gasteiger partial charge in [-0.05, 0) is 34.8 Å². The Kier molecular flexibility index (Phi) is 7.06. The van der Waals surface area contributed by atoms with E-state index in [1.807, 2.05) is 30.3 Å². The highest BCUT2D eigenvalue weighted by atomic mass is 79.9. The van der Waals surface area contributed by atoms with Crippen molar-refractivity contribution in [1.82, 2.24) is 19.7 Å². The van der Waals surface area contributed by atoms with Gasteiger partial charge < -0.3 is 9.84 Å². The number of aromatic nitrogens is 4. The Morgan fingerprint density at radius 3 is 2.47 bits per heavy atom. The van der Waals surface area contributed by atoms with Crippen LogP contribution < -0.4 is 0 Å². The molecular formula is C23H21BrF2N4O2. The quantitative estimate of drug-likeness (QED) is 0.388. The molecule has 1 N–H and O–H groups in total. The second-order valence-electron chi connectivity index (χ2n) is 7.23. The maximum Gasteiger partial charge on any atom is 0.257 e. The first kappa shape index (κ1) is 22.3. The SMILES string of the molecule is C1CCOC1.Oc1cc2ncnc(-c3cn(CC(F)F)nc3-c3ccccc3)c2cc1Br. The lowest BCUT2D eigenvalue weighted by Crippen LogP contribution is -2.06. The maximum atomic E-state index is 12.9. The van der Waals surface area contributed by atoms with Gasteiger partial charge in [-0.2, -0.15) is 5.10 Å². The van der Waals surface area contributed by atoms with Crippen molar-refractivity contribution in [3.05, 3.63) is 59.5 Å². The molecule has 5 rings (SSSR count). The Balaban J connectivity index is 0.000000433. The van der Waals surface area contributed by atoms with Crippen LogP contribution in [0, 0.1) is 0 Å². The molecule has 0 aliphatic carbocycles. The zero-order valence-electron chi connectivity index (χ0n) is 17.1. The summed E-state index contributed by atoms with van der Waals surface area (Å²) in [7, 11) is 0. The fourth-order valence-corrected chi connectivity index (χ4v) is 3.77. The first-order valence-corrected chi connectivity index (χ1v) is 10.9. The van der Waals surface area contributed by atoms with Crippen LogP contribution in [0.15, 0.2) is 59.5 Å². The van der Waals surface area contributed by atoms with Crippen LogP contribution in [0.4, 0.5) is 8.78 Å². The number of halogens is 3. The van der Waals surface area contributed by atoms with Gasteiger partial charge in [-0.3, -0.25) is 4.68 Å². The Bertz CT molecular complexity index is 1190. The minimum absolute atomic E-state index is 0.0591. The number of hydrogen-bond acceptors (Lipinski definition) is 5. The summed E-state index contributed by atoms with van der Waals surface area (Å²) < 4.78 is 32.5. The maximum absolute atomic E-state index is 12.9. The Morgan fingerprint density at radius 1 is 1.06 bits per heavy atom. The molecule has 1 aliphatic heterocycles. The number of aromatic hydroxyl groups is 1. The molecule has 0 radical (unpaired) electrons. The van der Waals surface area contributed by atoms with Gasteiger partial charge in [0.2, 0.25) is 0 Å². The molecule has 0 saturated carbocycles. The van der Waals surface area contributed by atoms with Gasteiger partial charge >= 0.3 is 0 Å². The molecule has 6 nitrogen and oxygen atoms in total. The summed E-state index contributed by atoms with van der Waals surface area (Å²) in [5.74, 6) is 0.0591. The molecule has 2 aromatic carbocycles. The van der Waals surface area contributed by atoms with Gasteiger partial charge in [-0.25, -0.2) is 18.7 Å². The number of ether oxygens (including phenoxy) is 1. The second-order valence-corrected chi connectivity index (χ2v) is 8.09. The van der Waals surface area contributed by atoms with Gasteiger partial charge in [0.1, 0.15) is 24.3 Å². The molecule has 0 bridgehead atoms. The Morgan fingerprint density at radius 2 is 1.81 bits per heavy atom.